The Hall–Kier alpha value is -3.46. The average molecular weight is 631 g/mol. The molecular formula is C36H54O9. The second kappa shape index (κ2) is 20.5. The number of aromatic hydroxyl groups is 4. The Labute approximate surface area is 267 Å². The maximum atomic E-state index is 13.2. The molecule has 2 atom stereocenters. The van der Waals surface area contributed by atoms with Crippen LogP contribution in [0.2, 0.25) is 0 Å². The lowest BCUT2D eigenvalue weighted by Crippen LogP contribution is -2.19. The van der Waals surface area contributed by atoms with Crippen molar-refractivity contribution in [1.82, 2.24) is 0 Å². The standard InChI is InChI=1S/C36H54O9/c1-3-15-27(37)19-13-9-5-7-12-18-26-22-29(39)24-32(41)34(26)36(44)45-30(16-4-2)20-14-10-6-8-11-17-25-21-28(38)23-31(40)33(25)35(42)43/h21-24,27,30,37-41H,3-20H2,1-2H3,(H,42,43)/t27-,30-/m1/s1. The number of aliphatic hydroxyl groups is 1. The van der Waals surface area contributed by atoms with E-state index in [0.29, 0.717) is 43.2 Å². The van der Waals surface area contributed by atoms with E-state index in [1.54, 1.807) is 0 Å². The van der Waals surface area contributed by atoms with Gasteiger partial charge in [0.05, 0.1) is 6.10 Å². The first-order chi connectivity index (χ1) is 21.6. The van der Waals surface area contributed by atoms with Gasteiger partial charge >= 0.3 is 11.9 Å². The minimum atomic E-state index is -1.22. The molecule has 252 valence electrons. The first-order valence-corrected chi connectivity index (χ1v) is 16.8. The predicted octanol–water partition coefficient (Wildman–Crippen LogP) is 8.16. The number of phenols is 4. The van der Waals surface area contributed by atoms with Crippen molar-refractivity contribution < 1.29 is 45.0 Å². The van der Waals surface area contributed by atoms with Crippen LogP contribution >= 0.6 is 0 Å². The molecule has 0 radical (unpaired) electrons. The Morgan fingerprint density at radius 3 is 1.62 bits per heavy atom. The van der Waals surface area contributed by atoms with Crippen LogP contribution in [0.25, 0.3) is 0 Å². The van der Waals surface area contributed by atoms with Gasteiger partial charge in [0.1, 0.15) is 40.2 Å². The first-order valence-electron chi connectivity index (χ1n) is 16.8. The van der Waals surface area contributed by atoms with Crippen LogP contribution in [-0.2, 0) is 17.6 Å². The van der Waals surface area contributed by atoms with E-state index >= 15 is 0 Å². The van der Waals surface area contributed by atoms with E-state index in [9.17, 15) is 40.2 Å². The number of carboxylic acid groups (broad SMARTS) is 1. The van der Waals surface area contributed by atoms with Crippen molar-refractivity contribution >= 4 is 11.9 Å². The topological polar surface area (TPSA) is 165 Å². The molecule has 0 saturated heterocycles. The van der Waals surface area contributed by atoms with Crippen LogP contribution < -0.4 is 0 Å². The molecule has 2 aromatic rings. The number of hydrogen-bond acceptors (Lipinski definition) is 8. The maximum absolute atomic E-state index is 13.2. The molecule has 0 saturated carbocycles. The summed E-state index contributed by atoms with van der Waals surface area (Å²) in [6, 6.07) is 5.12. The van der Waals surface area contributed by atoms with Crippen molar-refractivity contribution in [3.8, 4) is 23.0 Å². The molecule has 0 aliphatic rings. The number of esters is 1. The Balaban J connectivity index is 1.81. The van der Waals surface area contributed by atoms with E-state index in [2.05, 4.69) is 6.92 Å². The summed E-state index contributed by atoms with van der Waals surface area (Å²) in [6.07, 6.45) is 14.3. The number of aromatic carboxylic acids is 1. The van der Waals surface area contributed by atoms with Gasteiger partial charge in [0.25, 0.3) is 0 Å². The number of rotatable bonds is 23. The molecule has 0 amide bonds. The molecule has 0 aliphatic carbocycles. The molecule has 0 unspecified atom stereocenters. The van der Waals surface area contributed by atoms with E-state index in [0.717, 1.165) is 89.5 Å². The molecule has 0 heterocycles. The summed E-state index contributed by atoms with van der Waals surface area (Å²) in [4.78, 5) is 24.7. The third-order valence-corrected chi connectivity index (χ3v) is 8.25. The fourth-order valence-electron chi connectivity index (χ4n) is 5.93. The van der Waals surface area contributed by atoms with Gasteiger partial charge in [-0.2, -0.15) is 0 Å². The highest BCUT2D eigenvalue weighted by molar-refractivity contribution is 5.94. The van der Waals surface area contributed by atoms with Crippen molar-refractivity contribution in [2.24, 2.45) is 0 Å². The van der Waals surface area contributed by atoms with Crippen molar-refractivity contribution in [2.75, 3.05) is 0 Å². The lowest BCUT2D eigenvalue weighted by molar-refractivity contribution is 0.0249. The minimum absolute atomic E-state index is 0.0888. The molecule has 0 aliphatic heterocycles. The summed E-state index contributed by atoms with van der Waals surface area (Å²) in [7, 11) is 0. The average Bonchev–Trinajstić information content (AvgIpc) is 2.95. The van der Waals surface area contributed by atoms with Gasteiger partial charge in [-0.15, -0.1) is 0 Å². The maximum Gasteiger partial charge on any atom is 0.342 e. The van der Waals surface area contributed by atoms with Crippen molar-refractivity contribution in [3.05, 3.63) is 46.5 Å². The van der Waals surface area contributed by atoms with Gasteiger partial charge in [-0.05, 0) is 81.0 Å². The largest absolute Gasteiger partial charge is 0.508 e. The smallest absolute Gasteiger partial charge is 0.342 e. The number of aliphatic hydroxyl groups excluding tert-OH is 1. The van der Waals surface area contributed by atoms with Crippen LogP contribution in [0.3, 0.4) is 0 Å². The molecule has 0 spiro atoms. The van der Waals surface area contributed by atoms with E-state index in [1.807, 2.05) is 6.92 Å². The zero-order valence-electron chi connectivity index (χ0n) is 27.1. The van der Waals surface area contributed by atoms with Gasteiger partial charge in [0.2, 0.25) is 0 Å². The Morgan fingerprint density at radius 1 is 0.622 bits per heavy atom. The van der Waals surface area contributed by atoms with E-state index in [4.69, 9.17) is 4.74 Å². The molecule has 0 fully saturated rings. The Kier molecular flexibility index (Phi) is 17.2. The molecule has 9 heteroatoms. The van der Waals surface area contributed by atoms with Crippen LogP contribution in [0.15, 0.2) is 24.3 Å². The third kappa shape index (κ3) is 13.6. The number of hydrogen-bond donors (Lipinski definition) is 6. The zero-order valence-corrected chi connectivity index (χ0v) is 27.1. The van der Waals surface area contributed by atoms with Gasteiger partial charge in [0.15, 0.2) is 0 Å². The minimum Gasteiger partial charge on any atom is -0.508 e. The number of ether oxygens (including phenoxy) is 1. The van der Waals surface area contributed by atoms with Gasteiger partial charge in [0, 0.05) is 12.1 Å². The molecule has 45 heavy (non-hydrogen) atoms. The van der Waals surface area contributed by atoms with Crippen LogP contribution in [0, 0.1) is 0 Å². The number of unbranched alkanes of at least 4 members (excludes halogenated alkanes) is 8. The number of carboxylic acids is 1. The third-order valence-electron chi connectivity index (χ3n) is 8.25. The molecule has 9 nitrogen and oxygen atoms in total. The van der Waals surface area contributed by atoms with Gasteiger partial charge < -0.3 is 35.4 Å². The molecule has 6 N–H and O–H groups in total. The SMILES string of the molecule is CCC[C@@H](O)CCCCCCCc1cc(O)cc(O)c1C(=O)O[C@H](CCC)CCCCCCCc1cc(O)cc(O)c1C(=O)O. The lowest BCUT2D eigenvalue weighted by Gasteiger charge is -2.19. The lowest BCUT2D eigenvalue weighted by atomic mass is 9.98. The Morgan fingerprint density at radius 2 is 1.09 bits per heavy atom. The summed E-state index contributed by atoms with van der Waals surface area (Å²) < 4.78 is 5.88. The van der Waals surface area contributed by atoms with E-state index in [1.165, 1.54) is 18.2 Å². The van der Waals surface area contributed by atoms with E-state index < -0.39 is 17.7 Å². The van der Waals surface area contributed by atoms with Gasteiger partial charge in [-0.1, -0.05) is 71.6 Å². The van der Waals surface area contributed by atoms with Crippen LogP contribution in [0.1, 0.15) is 148 Å². The molecule has 0 bridgehead atoms. The zero-order chi connectivity index (χ0) is 33.2. The second-order valence-electron chi connectivity index (χ2n) is 12.2. The summed E-state index contributed by atoms with van der Waals surface area (Å²) >= 11 is 0. The normalized spacial score (nSPS) is 12.6. The van der Waals surface area contributed by atoms with Crippen LogP contribution in [0.5, 0.6) is 23.0 Å². The van der Waals surface area contributed by atoms with Crippen molar-refractivity contribution in [2.45, 2.75) is 142 Å². The van der Waals surface area contributed by atoms with Crippen molar-refractivity contribution in [1.29, 1.82) is 0 Å². The number of aryl methyl sites for hydroxylation is 2. The quantitative estimate of drug-likeness (QED) is 0.0525. The van der Waals surface area contributed by atoms with Crippen LogP contribution in [0.4, 0.5) is 0 Å². The van der Waals surface area contributed by atoms with Gasteiger partial charge in [-0.25, -0.2) is 9.59 Å². The van der Waals surface area contributed by atoms with Gasteiger partial charge in [-0.3, -0.25) is 0 Å². The molecule has 2 aromatic carbocycles. The number of carbonyl (C=O) groups excluding carboxylic acids is 1. The summed E-state index contributed by atoms with van der Waals surface area (Å²) in [6.45, 7) is 4.10. The first kappa shape index (κ1) is 37.7. The fraction of sp³-hybridized carbons (Fsp3) is 0.611. The molecule has 0 aromatic heterocycles. The highest BCUT2D eigenvalue weighted by Gasteiger charge is 2.23. The second-order valence-corrected chi connectivity index (χ2v) is 12.2. The Bertz CT molecular complexity index is 1190. The predicted molar refractivity (Wildman–Crippen MR) is 174 cm³/mol. The number of carbonyl (C=O) groups is 2. The summed E-state index contributed by atoms with van der Waals surface area (Å²) in [5, 5.41) is 59.5. The highest BCUT2D eigenvalue weighted by Crippen LogP contribution is 2.31. The molecule has 2 rings (SSSR count). The summed E-state index contributed by atoms with van der Waals surface area (Å²) in [5.74, 6) is -2.77. The fourth-order valence-corrected chi connectivity index (χ4v) is 5.93. The highest BCUT2D eigenvalue weighted by atomic mass is 16.5. The van der Waals surface area contributed by atoms with E-state index in [-0.39, 0.29) is 40.6 Å². The monoisotopic (exact) mass is 630 g/mol. The summed E-state index contributed by atoms with van der Waals surface area (Å²) in [5.41, 5.74) is 0.937. The van der Waals surface area contributed by atoms with Crippen molar-refractivity contribution in [3.63, 3.8) is 0 Å². The molecular weight excluding hydrogens is 576 g/mol. The number of benzene rings is 2. The van der Waals surface area contributed by atoms with Crippen LogP contribution in [-0.4, -0.2) is 54.8 Å². The number of phenolic OH excluding ortho intramolecular Hbond substituents is 3.